The van der Waals surface area contributed by atoms with Gasteiger partial charge in [-0.25, -0.2) is 4.39 Å². The summed E-state index contributed by atoms with van der Waals surface area (Å²) in [7, 11) is 2.88. The van der Waals surface area contributed by atoms with Crippen molar-refractivity contribution < 1.29 is 18.7 Å². The summed E-state index contributed by atoms with van der Waals surface area (Å²) in [5.41, 5.74) is 0.686. The van der Waals surface area contributed by atoms with Crippen LogP contribution in [0.3, 0.4) is 0 Å². The Morgan fingerprint density at radius 3 is 2.29 bits per heavy atom. The molecule has 0 bridgehead atoms. The molecule has 1 aromatic heterocycles. The first-order chi connectivity index (χ1) is 10.0. The topological polar surface area (TPSA) is 73.3 Å². The molecule has 0 unspecified atom stereocenters. The molecule has 0 fully saturated rings. The van der Waals surface area contributed by atoms with Gasteiger partial charge in [0.15, 0.2) is 0 Å². The van der Waals surface area contributed by atoms with Crippen LogP contribution < -0.4 is 14.8 Å². The van der Waals surface area contributed by atoms with Gasteiger partial charge in [0, 0.05) is 5.56 Å². The first kappa shape index (κ1) is 14.7. The number of hydrogen-bond acceptors (Lipinski definition) is 5. The number of nitrogens with zero attached hydrogens (tertiary/aromatic N) is 2. The fourth-order valence-electron chi connectivity index (χ4n) is 1.63. The van der Waals surface area contributed by atoms with Gasteiger partial charge in [-0.1, -0.05) is 0 Å². The maximum absolute atomic E-state index is 13.2. The molecular formula is C14H14FN3O3. The summed E-state index contributed by atoms with van der Waals surface area (Å²) in [5, 5.41) is 2.51. The molecule has 1 N–H and O–H groups in total. The van der Waals surface area contributed by atoms with Crippen LogP contribution in [0, 0.1) is 12.7 Å². The van der Waals surface area contributed by atoms with Gasteiger partial charge in [-0.05, 0) is 30.7 Å². The number of halogens is 1. The lowest BCUT2D eigenvalue weighted by Gasteiger charge is -2.08. The molecule has 0 atom stereocenters. The number of benzene rings is 1. The van der Waals surface area contributed by atoms with Crippen LogP contribution in [-0.2, 0) is 0 Å². The minimum atomic E-state index is -0.451. The monoisotopic (exact) mass is 291 g/mol. The number of anilines is 1. The van der Waals surface area contributed by atoms with Crippen molar-refractivity contribution in [2.45, 2.75) is 6.92 Å². The first-order valence-corrected chi connectivity index (χ1v) is 6.08. The third-order valence-electron chi connectivity index (χ3n) is 2.74. The molecule has 21 heavy (non-hydrogen) atoms. The quantitative estimate of drug-likeness (QED) is 0.934. The van der Waals surface area contributed by atoms with E-state index in [-0.39, 0.29) is 23.5 Å². The summed E-state index contributed by atoms with van der Waals surface area (Å²) in [6, 6.07) is 5.55. The molecular weight excluding hydrogens is 277 g/mol. The second-order valence-corrected chi connectivity index (χ2v) is 4.19. The number of nitrogens with one attached hydrogen (secondary N) is 1. The number of hydrogen-bond donors (Lipinski definition) is 1. The zero-order valence-corrected chi connectivity index (χ0v) is 11.8. The molecule has 0 spiro atoms. The highest BCUT2D eigenvalue weighted by atomic mass is 19.1. The molecule has 1 amide bonds. The Balaban J connectivity index is 2.24. The van der Waals surface area contributed by atoms with E-state index in [1.54, 1.807) is 6.92 Å². The highest BCUT2D eigenvalue weighted by molar-refractivity contribution is 6.03. The van der Waals surface area contributed by atoms with Crippen molar-refractivity contribution in [1.29, 1.82) is 0 Å². The largest absolute Gasteiger partial charge is 0.481 e. The molecule has 0 saturated carbocycles. The van der Waals surface area contributed by atoms with Gasteiger partial charge < -0.3 is 9.47 Å². The van der Waals surface area contributed by atoms with Gasteiger partial charge in [0.2, 0.25) is 17.7 Å². The number of amides is 1. The average molecular weight is 291 g/mol. The average Bonchev–Trinajstić information content (AvgIpc) is 2.49. The third-order valence-corrected chi connectivity index (χ3v) is 2.74. The maximum Gasteiger partial charge on any atom is 0.258 e. The van der Waals surface area contributed by atoms with E-state index in [2.05, 4.69) is 15.3 Å². The standard InChI is InChI=1S/C14H14FN3O3/c1-8-6-9(4-5-10(8)15)13(19)18-14-16-11(20-2)7-12(17-14)21-3/h4-7H,1-3H3,(H,16,17,18,19). The van der Waals surface area contributed by atoms with Crippen molar-refractivity contribution in [3.63, 3.8) is 0 Å². The third kappa shape index (κ3) is 3.44. The molecule has 0 aliphatic rings. The molecule has 0 saturated heterocycles. The van der Waals surface area contributed by atoms with Crippen molar-refractivity contribution >= 4 is 11.9 Å². The number of carbonyl (C=O) groups excluding carboxylic acids is 1. The van der Waals surface area contributed by atoms with Gasteiger partial charge in [-0.15, -0.1) is 0 Å². The second-order valence-electron chi connectivity index (χ2n) is 4.19. The number of rotatable bonds is 4. The smallest absolute Gasteiger partial charge is 0.258 e. The van der Waals surface area contributed by atoms with E-state index in [0.29, 0.717) is 11.1 Å². The summed E-state index contributed by atoms with van der Waals surface area (Å²) in [6.45, 7) is 1.58. The van der Waals surface area contributed by atoms with E-state index in [0.717, 1.165) is 0 Å². The van der Waals surface area contributed by atoms with Crippen LogP contribution in [0.5, 0.6) is 11.8 Å². The summed E-state index contributed by atoms with van der Waals surface area (Å²) in [5.74, 6) is -0.266. The molecule has 110 valence electrons. The number of methoxy groups -OCH3 is 2. The summed E-state index contributed by atoms with van der Waals surface area (Å²) >= 11 is 0. The Kier molecular flexibility index (Phi) is 4.32. The Morgan fingerprint density at radius 1 is 1.14 bits per heavy atom. The van der Waals surface area contributed by atoms with E-state index in [1.807, 2.05) is 0 Å². The summed E-state index contributed by atoms with van der Waals surface area (Å²) < 4.78 is 23.2. The molecule has 2 aromatic rings. The lowest BCUT2D eigenvalue weighted by molar-refractivity contribution is 0.102. The molecule has 0 aliphatic carbocycles. The number of aromatic nitrogens is 2. The molecule has 2 rings (SSSR count). The van der Waals surface area contributed by atoms with E-state index in [9.17, 15) is 9.18 Å². The van der Waals surface area contributed by atoms with Crippen molar-refractivity contribution in [3.8, 4) is 11.8 Å². The Labute approximate surface area is 120 Å². The van der Waals surface area contributed by atoms with Crippen molar-refractivity contribution in [1.82, 2.24) is 9.97 Å². The SMILES string of the molecule is COc1cc(OC)nc(NC(=O)c2ccc(F)c(C)c2)n1. The first-order valence-electron chi connectivity index (χ1n) is 6.08. The van der Waals surface area contributed by atoms with Gasteiger partial charge in [0.1, 0.15) is 5.82 Å². The number of ether oxygens (including phenoxy) is 2. The normalized spacial score (nSPS) is 10.1. The Bertz CT molecular complexity index is 654. The highest BCUT2D eigenvalue weighted by Gasteiger charge is 2.12. The van der Waals surface area contributed by atoms with Gasteiger partial charge in [0.05, 0.1) is 20.3 Å². The van der Waals surface area contributed by atoms with Gasteiger partial charge in [-0.2, -0.15) is 9.97 Å². The van der Waals surface area contributed by atoms with E-state index in [4.69, 9.17) is 9.47 Å². The van der Waals surface area contributed by atoms with Gasteiger partial charge in [0.25, 0.3) is 5.91 Å². The van der Waals surface area contributed by atoms with Crippen LogP contribution >= 0.6 is 0 Å². The second kappa shape index (κ2) is 6.17. The van der Waals surface area contributed by atoms with Gasteiger partial charge >= 0.3 is 0 Å². The molecule has 7 heteroatoms. The van der Waals surface area contributed by atoms with Crippen molar-refractivity contribution in [2.75, 3.05) is 19.5 Å². The number of aryl methyl sites for hydroxylation is 1. The van der Waals surface area contributed by atoms with Crippen molar-refractivity contribution in [2.24, 2.45) is 0 Å². The predicted molar refractivity (Wildman–Crippen MR) is 74.2 cm³/mol. The fourth-order valence-corrected chi connectivity index (χ4v) is 1.63. The molecule has 1 heterocycles. The zero-order chi connectivity index (χ0) is 15.4. The summed E-state index contributed by atoms with van der Waals surface area (Å²) in [6.07, 6.45) is 0. The van der Waals surface area contributed by atoms with Crippen LogP contribution in [0.4, 0.5) is 10.3 Å². The molecule has 0 radical (unpaired) electrons. The van der Waals surface area contributed by atoms with Crippen molar-refractivity contribution in [3.05, 3.63) is 41.2 Å². The highest BCUT2D eigenvalue weighted by Crippen LogP contribution is 2.18. The van der Waals surface area contributed by atoms with Crippen LogP contribution in [0.1, 0.15) is 15.9 Å². The Hall–Kier alpha value is -2.70. The Morgan fingerprint density at radius 2 is 1.76 bits per heavy atom. The van der Waals surface area contributed by atoms with Crippen LogP contribution in [0.15, 0.2) is 24.3 Å². The summed E-state index contributed by atoms with van der Waals surface area (Å²) in [4.78, 5) is 20.1. The minimum absolute atomic E-state index is 0.0400. The van der Waals surface area contributed by atoms with E-state index in [1.165, 1.54) is 38.5 Å². The van der Waals surface area contributed by atoms with Crippen LogP contribution in [0.2, 0.25) is 0 Å². The molecule has 6 nitrogen and oxygen atoms in total. The van der Waals surface area contributed by atoms with E-state index >= 15 is 0 Å². The molecule has 0 aliphatic heterocycles. The van der Waals surface area contributed by atoms with Gasteiger partial charge in [-0.3, -0.25) is 10.1 Å². The number of carbonyl (C=O) groups is 1. The van der Waals surface area contributed by atoms with E-state index < -0.39 is 5.91 Å². The minimum Gasteiger partial charge on any atom is -0.481 e. The lowest BCUT2D eigenvalue weighted by atomic mass is 10.1. The van der Waals surface area contributed by atoms with Crippen LogP contribution in [0.25, 0.3) is 0 Å². The van der Waals surface area contributed by atoms with Crippen LogP contribution in [-0.4, -0.2) is 30.1 Å². The zero-order valence-electron chi connectivity index (χ0n) is 11.8. The molecule has 1 aromatic carbocycles. The fraction of sp³-hybridized carbons (Fsp3) is 0.214. The lowest BCUT2D eigenvalue weighted by Crippen LogP contribution is -2.15. The maximum atomic E-state index is 13.2. The predicted octanol–water partition coefficient (Wildman–Crippen LogP) is 2.19.